The van der Waals surface area contributed by atoms with Crippen LogP contribution in [0.15, 0.2) is 0 Å². The molecule has 0 aromatic heterocycles. The molecule has 0 radical (unpaired) electrons. The SMILES string of the molecule is CCCCCCOCC1CCC(CNC2CC2)O1. The van der Waals surface area contributed by atoms with Crippen molar-refractivity contribution in [1.29, 1.82) is 0 Å². The molecule has 106 valence electrons. The van der Waals surface area contributed by atoms with Gasteiger partial charge < -0.3 is 14.8 Å². The van der Waals surface area contributed by atoms with E-state index in [2.05, 4.69) is 12.2 Å². The van der Waals surface area contributed by atoms with Gasteiger partial charge in [0.2, 0.25) is 0 Å². The number of nitrogens with one attached hydrogen (secondary N) is 1. The van der Waals surface area contributed by atoms with Gasteiger partial charge in [0, 0.05) is 19.2 Å². The minimum atomic E-state index is 0.349. The summed E-state index contributed by atoms with van der Waals surface area (Å²) in [6.45, 7) is 4.98. The van der Waals surface area contributed by atoms with E-state index < -0.39 is 0 Å². The molecule has 2 fully saturated rings. The van der Waals surface area contributed by atoms with Crippen LogP contribution in [0.1, 0.15) is 58.3 Å². The Morgan fingerprint density at radius 2 is 1.89 bits per heavy atom. The van der Waals surface area contributed by atoms with Crippen LogP contribution in [0.2, 0.25) is 0 Å². The minimum Gasteiger partial charge on any atom is -0.379 e. The van der Waals surface area contributed by atoms with E-state index in [1.54, 1.807) is 0 Å². The molecule has 1 saturated carbocycles. The van der Waals surface area contributed by atoms with Gasteiger partial charge in [-0.15, -0.1) is 0 Å². The van der Waals surface area contributed by atoms with E-state index in [4.69, 9.17) is 9.47 Å². The smallest absolute Gasteiger partial charge is 0.0813 e. The van der Waals surface area contributed by atoms with E-state index >= 15 is 0 Å². The Labute approximate surface area is 112 Å². The Morgan fingerprint density at radius 1 is 1.06 bits per heavy atom. The molecule has 0 amide bonds. The summed E-state index contributed by atoms with van der Waals surface area (Å²) in [5.74, 6) is 0. The van der Waals surface area contributed by atoms with Gasteiger partial charge in [-0.2, -0.15) is 0 Å². The highest BCUT2D eigenvalue weighted by molar-refractivity contribution is 4.84. The van der Waals surface area contributed by atoms with Crippen molar-refractivity contribution in [2.24, 2.45) is 0 Å². The van der Waals surface area contributed by atoms with Crippen LogP contribution in [0.3, 0.4) is 0 Å². The first-order valence-corrected chi connectivity index (χ1v) is 7.85. The van der Waals surface area contributed by atoms with Crippen LogP contribution < -0.4 is 5.32 Å². The van der Waals surface area contributed by atoms with Crippen molar-refractivity contribution in [1.82, 2.24) is 5.32 Å². The highest BCUT2D eigenvalue weighted by Gasteiger charge is 2.27. The van der Waals surface area contributed by atoms with E-state index in [-0.39, 0.29) is 0 Å². The summed E-state index contributed by atoms with van der Waals surface area (Å²) in [6, 6.07) is 0.794. The van der Waals surface area contributed by atoms with E-state index in [0.717, 1.165) is 25.8 Å². The molecule has 1 heterocycles. The lowest BCUT2D eigenvalue weighted by Crippen LogP contribution is -2.29. The first-order valence-electron chi connectivity index (χ1n) is 7.85. The molecule has 0 aromatic carbocycles. The number of unbranched alkanes of at least 4 members (excludes halogenated alkanes) is 3. The molecule has 1 aliphatic heterocycles. The quantitative estimate of drug-likeness (QED) is 0.609. The van der Waals surface area contributed by atoms with Crippen molar-refractivity contribution >= 4 is 0 Å². The Morgan fingerprint density at radius 3 is 2.67 bits per heavy atom. The lowest BCUT2D eigenvalue weighted by Gasteiger charge is -2.14. The lowest BCUT2D eigenvalue weighted by molar-refractivity contribution is -0.0150. The van der Waals surface area contributed by atoms with Crippen molar-refractivity contribution in [3.05, 3.63) is 0 Å². The summed E-state index contributed by atoms with van der Waals surface area (Å²) in [7, 11) is 0. The second-order valence-electron chi connectivity index (χ2n) is 5.78. The van der Waals surface area contributed by atoms with Crippen LogP contribution in [0.25, 0.3) is 0 Å². The molecule has 1 N–H and O–H groups in total. The van der Waals surface area contributed by atoms with E-state index in [9.17, 15) is 0 Å². The van der Waals surface area contributed by atoms with Crippen LogP contribution in [0.4, 0.5) is 0 Å². The van der Waals surface area contributed by atoms with Crippen LogP contribution in [-0.2, 0) is 9.47 Å². The maximum absolute atomic E-state index is 5.98. The predicted molar refractivity (Wildman–Crippen MR) is 73.9 cm³/mol. The molecule has 2 aliphatic rings. The first kappa shape index (κ1) is 14.3. The average molecular weight is 255 g/mol. The zero-order valence-electron chi connectivity index (χ0n) is 11.8. The number of hydrogen-bond donors (Lipinski definition) is 1. The molecular weight excluding hydrogens is 226 g/mol. The fourth-order valence-electron chi connectivity index (χ4n) is 2.48. The van der Waals surface area contributed by atoms with Gasteiger partial charge >= 0.3 is 0 Å². The van der Waals surface area contributed by atoms with Crippen LogP contribution in [-0.4, -0.2) is 38.0 Å². The topological polar surface area (TPSA) is 30.5 Å². The fourth-order valence-corrected chi connectivity index (χ4v) is 2.48. The maximum atomic E-state index is 5.98. The number of rotatable bonds is 10. The molecule has 0 bridgehead atoms. The van der Waals surface area contributed by atoms with Crippen molar-refractivity contribution in [3.63, 3.8) is 0 Å². The van der Waals surface area contributed by atoms with Crippen molar-refractivity contribution in [2.45, 2.75) is 76.5 Å². The molecule has 2 unspecified atom stereocenters. The Bertz CT molecular complexity index is 219. The van der Waals surface area contributed by atoms with Crippen molar-refractivity contribution < 1.29 is 9.47 Å². The first-order chi connectivity index (χ1) is 8.88. The molecule has 2 rings (SSSR count). The summed E-state index contributed by atoms with van der Waals surface area (Å²) >= 11 is 0. The molecule has 2 atom stereocenters. The molecule has 3 nitrogen and oxygen atoms in total. The molecule has 1 saturated heterocycles. The standard InChI is InChI=1S/C15H29NO2/c1-2-3-4-5-10-17-12-15-9-8-14(18-15)11-16-13-6-7-13/h13-16H,2-12H2,1H3. The summed E-state index contributed by atoms with van der Waals surface area (Å²) in [6.07, 6.45) is 11.0. The summed E-state index contributed by atoms with van der Waals surface area (Å²) < 4.78 is 11.7. The highest BCUT2D eigenvalue weighted by atomic mass is 16.5. The van der Waals surface area contributed by atoms with Gasteiger partial charge in [-0.1, -0.05) is 26.2 Å². The van der Waals surface area contributed by atoms with E-state index in [1.165, 1.54) is 51.4 Å². The maximum Gasteiger partial charge on any atom is 0.0813 e. The fraction of sp³-hybridized carbons (Fsp3) is 1.00. The van der Waals surface area contributed by atoms with Crippen LogP contribution in [0, 0.1) is 0 Å². The lowest BCUT2D eigenvalue weighted by atomic mass is 10.2. The minimum absolute atomic E-state index is 0.349. The molecule has 0 aromatic rings. The van der Waals surface area contributed by atoms with Crippen molar-refractivity contribution in [3.8, 4) is 0 Å². The number of ether oxygens (including phenoxy) is 2. The largest absolute Gasteiger partial charge is 0.379 e. The van der Waals surface area contributed by atoms with Crippen molar-refractivity contribution in [2.75, 3.05) is 19.8 Å². The zero-order chi connectivity index (χ0) is 12.6. The Balaban J connectivity index is 1.42. The molecular formula is C15H29NO2. The zero-order valence-corrected chi connectivity index (χ0v) is 11.8. The van der Waals surface area contributed by atoms with Gasteiger partial charge in [-0.25, -0.2) is 0 Å². The predicted octanol–water partition coefficient (Wildman–Crippen LogP) is 2.88. The molecule has 1 aliphatic carbocycles. The van der Waals surface area contributed by atoms with Gasteiger partial charge in [-0.05, 0) is 32.1 Å². The Kier molecular flexibility index (Phi) is 6.46. The molecule has 0 spiro atoms. The third-order valence-electron chi connectivity index (χ3n) is 3.85. The second-order valence-corrected chi connectivity index (χ2v) is 5.78. The monoisotopic (exact) mass is 255 g/mol. The third-order valence-corrected chi connectivity index (χ3v) is 3.85. The van der Waals surface area contributed by atoms with Crippen LogP contribution >= 0.6 is 0 Å². The molecule has 3 heteroatoms. The third kappa shape index (κ3) is 5.68. The summed E-state index contributed by atoms with van der Waals surface area (Å²) in [4.78, 5) is 0. The average Bonchev–Trinajstić information content (AvgIpc) is 3.11. The van der Waals surface area contributed by atoms with Crippen LogP contribution in [0.5, 0.6) is 0 Å². The second kappa shape index (κ2) is 8.13. The van der Waals surface area contributed by atoms with Gasteiger partial charge in [0.15, 0.2) is 0 Å². The van der Waals surface area contributed by atoms with Gasteiger partial charge in [0.25, 0.3) is 0 Å². The van der Waals surface area contributed by atoms with Gasteiger partial charge in [0.1, 0.15) is 0 Å². The number of hydrogen-bond acceptors (Lipinski definition) is 3. The van der Waals surface area contributed by atoms with Gasteiger partial charge in [0.05, 0.1) is 18.8 Å². The highest BCUT2D eigenvalue weighted by Crippen LogP contribution is 2.22. The normalized spacial score (nSPS) is 27.8. The van der Waals surface area contributed by atoms with Gasteiger partial charge in [-0.3, -0.25) is 0 Å². The van der Waals surface area contributed by atoms with E-state index in [0.29, 0.717) is 12.2 Å². The summed E-state index contributed by atoms with van der Waals surface area (Å²) in [5.41, 5.74) is 0. The molecule has 18 heavy (non-hydrogen) atoms. The Hall–Kier alpha value is -0.120. The summed E-state index contributed by atoms with van der Waals surface area (Å²) in [5, 5.41) is 3.54. The van der Waals surface area contributed by atoms with E-state index in [1.807, 2.05) is 0 Å².